The van der Waals surface area contributed by atoms with Crippen LogP contribution >= 0.6 is 0 Å². The Morgan fingerprint density at radius 2 is 1.47 bits per heavy atom. The molecule has 4 aromatic heterocycles. The third kappa shape index (κ3) is 7.82. The second-order valence-electron chi connectivity index (χ2n) is 8.70. The van der Waals surface area contributed by atoms with E-state index in [0.717, 1.165) is 5.39 Å². The van der Waals surface area contributed by atoms with Crippen LogP contribution < -0.4 is 4.90 Å². The molecule has 222 valence electrons. The number of furan rings is 2. The highest BCUT2D eigenvalue weighted by molar-refractivity contribution is 5.90. The standard InChI is InChI=1S/C16H16N4O5.C12H10N2O4/c21-9-7-19(8-10-22)16-11-3-1-2-4-12(11)17-15(18-16)13-5-6-14(25-13)20(23)24;15-8-10-3-1-2-9(13-10)4-5-11-6-7-12(18-11)14(16)17/h1-6,21-22H,7-10H2;1-7,15H,8H2/b;5-4+. The summed E-state index contributed by atoms with van der Waals surface area (Å²) in [5, 5.41) is 49.5. The molecule has 43 heavy (non-hydrogen) atoms. The Morgan fingerprint density at radius 1 is 0.767 bits per heavy atom. The number of aliphatic hydroxyl groups excluding tert-OH is 3. The first-order valence-electron chi connectivity index (χ1n) is 12.8. The zero-order valence-electron chi connectivity index (χ0n) is 22.5. The maximum atomic E-state index is 10.8. The van der Waals surface area contributed by atoms with Crippen molar-refractivity contribution in [1.82, 2.24) is 15.0 Å². The van der Waals surface area contributed by atoms with Crippen molar-refractivity contribution in [1.29, 1.82) is 0 Å². The van der Waals surface area contributed by atoms with E-state index in [1.807, 2.05) is 18.2 Å². The fraction of sp³-hybridized carbons (Fsp3) is 0.179. The molecule has 0 aliphatic rings. The van der Waals surface area contributed by atoms with E-state index in [-0.39, 0.29) is 50.4 Å². The highest BCUT2D eigenvalue weighted by atomic mass is 16.7. The fourth-order valence-electron chi connectivity index (χ4n) is 3.90. The van der Waals surface area contributed by atoms with Gasteiger partial charge in [0.2, 0.25) is 0 Å². The Bertz CT molecular complexity index is 1730. The average molecular weight is 591 g/mol. The smallest absolute Gasteiger partial charge is 0.401 e. The summed E-state index contributed by atoms with van der Waals surface area (Å²) >= 11 is 0. The van der Waals surface area contributed by atoms with Gasteiger partial charge < -0.3 is 29.1 Å². The molecule has 3 N–H and O–H groups in total. The number of anilines is 1. The van der Waals surface area contributed by atoms with Gasteiger partial charge in [0.25, 0.3) is 0 Å². The summed E-state index contributed by atoms with van der Waals surface area (Å²) in [7, 11) is 0. The molecule has 5 rings (SSSR count). The molecular formula is C28H26N6O9. The average Bonchev–Trinajstić information content (AvgIpc) is 3.71. The minimum atomic E-state index is -0.630. The molecule has 0 fully saturated rings. The first kappa shape index (κ1) is 30.4. The van der Waals surface area contributed by atoms with Crippen LogP contribution in [-0.2, 0) is 6.61 Å². The fourth-order valence-corrected chi connectivity index (χ4v) is 3.90. The Morgan fingerprint density at radius 3 is 2.12 bits per heavy atom. The van der Waals surface area contributed by atoms with Crippen LogP contribution in [0, 0.1) is 20.2 Å². The summed E-state index contributed by atoms with van der Waals surface area (Å²) in [4.78, 5) is 34.7. The number of para-hydroxylation sites is 1. The Labute approximate surface area is 243 Å². The molecule has 0 amide bonds. The normalized spacial score (nSPS) is 11.0. The molecule has 15 heteroatoms. The Kier molecular flexibility index (Phi) is 10.2. The number of nitrogens with zero attached hydrogens (tertiary/aromatic N) is 6. The lowest BCUT2D eigenvalue weighted by atomic mass is 10.2. The van der Waals surface area contributed by atoms with Crippen molar-refractivity contribution >= 4 is 40.6 Å². The highest BCUT2D eigenvalue weighted by Gasteiger charge is 2.19. The second-order valence-corrected chi connectivity index (χ2v) is 8.70. The van der Waals surface area contributed by atoms with Gasteiger partial charge in [0.05, 0.1) is 48.9 Å². The monoisotopic (exact) mass is 590 g/mol. The van der Waals surface area contributed by atoms with Crippen LogP contribution in [0.25, 0.3) is 34.6 Å². The summed E-state index contributed by atoms with van der Waals surface area (Å²) in [5.74, 6) is 0.567. The molecule has 1 aromatic carbocycles. The largest absolute Gasteiger partial charge is 0.433 e. The predicted molar refractivity (Wildman–Crippen MR) is 155 cm³/mol. The number of hydrogen-bond acceptors (Lipinski definition) is 13. The van der Waals surface area contributed by atoms with Gasteiger partial charge in [-0.1, -0.05) is 18.2 Å². The molecule has 0 unspecified atom stereocenters. The van der Waals surface area contributed by atoms with E-state index in [9.17, 15) is 30.4 Å². The van der Waals surface area contributed by atoms with Gasteiger partial charge >= 0.3 is 11.8 Å². The minimum Gasteiger partial charge on any atom is -0.401 e. The molecule has 4 heterocycles. The first-order valence-corrected chi connectivity index (χ1v) is 12.8. The lowest BCUT2D eigenvalue weighted by Gasteiger charge is -2.23. The first-order chi connectivity index (χ1) is 20.8. The summed E-state index contributed by atoms with van der Waals surface area (Å²) in [6.45, 7) is 0.201. The lowest BCUT2D eigenvalue weighted by molar-refractivity contribution is -0.402. The third-order valence-corrected chi connectivity index (χ3v) is 5.82. The van der Waals surface area contributed by atoms with Crippen LogP contribution in [0.15, 0.2) is 75.6 Å². The van der Waals surface area contributed by atoms with Crippen molar-refractivity contribution in [3.63, 3.8) is 0 Å². The predicted octanol–water partition coefficient (Wildman–Crippen LogP) is 3.83. The molecule has 0 radical (unpaired) electrons. The number of aliphatic hydroxyl groups is 3. The van der Waals surface area contributed by atoms with Crippen molar-refractivity contribution < 1.29 is 34.0 Å². The Balaban J connectivity index is 0.000000208. The van der Waals surface area contributed by atoms with Gasteiger partial charge in [-0.3, -0.25) is 25.2 Å². The van der Waals surface area contributed by atoms with E-state index < -0.39 is 15.7 Å². The van der Waals surface area contributed by atoms with E-state index in [4.69, 9.17) is 13.9 Å². The van der Waals surface area contributed by atoms with Crippen LogP contribution in [0.1, 0.15) is 17.1 Å². The van der Waals surface area contributed by atoms with Crippen molar-refractivity contribution in [2.24, 2.45) is 0 Å². The van der Waals surface area contributed by atoms with Gasteiger partial charge in [0.15, 0.2) is 11.6 Å². The number of benzene rings is 1. The van der Waals surface area contributed by atoms with Gasteiger partial charge in [-0.15, -0.1) is 0 Å². The molecule has 0 atom stereocenters. The topological polar surface area (TPSA) is 215 Å². The maximum absolute atomic E-state index is 10.8. The molecule has 0 aliphatic carbocycles. The number of hydrogen-bond donors (Lipinski definition) is 3. The number of rotatable bonds is 11. The van der Waals surface area contributed by atoms with Crippen LogP contribution in [0.4, 0.5) is 17.6 Å². The third-order valence-electron chi connectivity index (χ3n) is 5.82. The maximum Gasteiger partial charge on any atom is 0.433 e. The Hall–Kier alpha value is -5.51. The van der Waals surface area contributed by atoms with Crippen LogP contribution in [0.5, 0.6) is 0 Å². The van der Waals surface area contributed by atoms with Gasteiger partial charge in [0.1, 0.15) is 21.4 Å². The zero-order valence-corrected chi connectivity index (χ0v) is 22.5. The quantitative estimate of drug-likeness (QED) is 0.147. The van der Waals surface area contributed by atoms with Crippen LogP contribution in [-0.4, -0.2) is 66.4 Å². The van der Waals surface area contributed by atoms with E-state index in [2.05, 4.69) is 15.0 Å². The van der Waals surface area contributed by atoms with E-state index >= 15 is 0 Å². The van der Waals surface area contributed by atoms with Gasteiger partial charge in [-0.05, 0) is 48.6 Å². The SMILES string of the molecule is O=[N+]([O-])c1ccc(-c2nc(N(CCO)CCO)c3ccccc3n2)o1.O=[N+]([O-])c1ccc(/C=C/c2cccc(CO)n2)o1. The molecule has 0 saturated heterocycles. The number of nitro groups is 2. The molecule has 0 saturated carbocycles. The molecule has 0 bridgehead atoms. The van der Waals surface area contributed by atoms with Gasteiger partial charge in [-0.2, -0.15) is 0 Å². The van der Waals surface area contributed by atoms with E-state index in [1.165, 1.54) is 24.3 Å². The summed E-state index contributed by atoms with van der Waals surface area (Å²) in [6.07, 6.45) is 3.23. The van der Waals surface area contributed by atoms with E-state index in [0.29, 0.717) is 28.5 Å². The van der Waals surface area contributed by atoms with Crippen molar-refractivity contribution in [3.05, 3.63) is 104 Å². The molecular weight excluding hydrogens is 564 g/mol. The van der Waals surface area contributed by atoms with Gasteiger partial charge in [-0.25, -0.2) is 9.97 Å². The second kappa shape index (κ2) is 14.4. The van der Waals surface area contributed by atoms with Crippen molar-refractivity contribution in [3.8, 4) is 11.6 Å². The van der Waals surface area contributed by atoms with Crippen molar-refractivity contribution in [2.45, 2.75) is 6.61 Å². The minimum absolute atomic E-state index is 0.111. The number of pyridine rings is 1. The molecule has 5 aromatic rings. The van der Waals surface area contributed by atoms with Gasteiger partial charge in [0, 0.05) is 18.5 Å². The lowest BCUT2D eigenvalue weighted by Crippen LogP contribution is -2.30. The summed E-state index contributed by atoms with van der Waals surface area (Å²) in [6, 6.07) is 18.0. The highest BCUT2D eigenvalue weighted by Crippen LogP contribution is 2.29. The molecule has 0 spiro atoms. The zero-order chi connectivity index (χ0) is 30.8. The number of fused-ring (bicyclic) bond motifs is 1. The molecule has 15 nitrogen and oxygen atoms in total. The summed E-state index contributed by atoms with van der Waals surface area (Å²) in [5.41, 5.74) is 1.82. The number of aromatic nitrogens is 3. The van der Waals surface area contributed by atoms with E-state index in [1.54, 1.807) is 41.3 Å². The summed E-state index contributed by atoms with van der Waals surface area (Å²) < 4.78 is 10.2. The molecule has 0 aliphatic heterocycles. The van der Waals surface area contributed by atoms with Crippen LogP contribution in [0.2, 0.25) is 0 Å². The van der Waals surface area contributed by atoms with Crippen LogP contribution in [0.3, 0.4) is 0 Å². The van der Waals surface area contributed by atoms with Crippen molar-refractivity contribution in [2.75, 3.05) is 31.2 Å².